The summed E-state index contributed by atoms with van der Waals surface area (Å²) in [5.41, 5.74) is 3.88. The molecule has 2 heterocycles. The molecule has 11 heteroatoms. The summed E-state index contributed by atoms with van der Waals surface area (Å²) in [6, 6.07) is 19.5. The van der Waals surface area contributed by atoms with Crippen LogP contribution in [0, 0.1) is 17.8 Å². The second-order valence-corrected chi connectivity index (χ2v) is 14.5. The number of nitrogens with zero attached hydrogens (tertiary/aromatic N) is 2. The molecule has 2 aliphatic carbocycles. The second kappa shape index (κ2) is 16.7. The SMILES string of the molecule is C=CCO[C@@]12Oc3ccc(O)cc3[C@H]3[C@H](CCCCO)[C@@H](CCCCO)C=C(C(=NOCc4ccccc4)C[C@@H]1N(C)C(=O)c1ccc4c(c1)OCO4)[C@H]32. The molecular weight excluding hydrogens is 688 g/mol. The van der Waals surface area contributed by atoms with Crippen LogP contribution >= 0.6 is 0 Å². The number of benzene rings is 3. The number of likely N-dealkylation sites (N-methyl/N-ethyl adjacent to an activating group) is 1. The van der Waals surface area contributed by atoms with Crippen LogP contribution in [0.5, 0.6) is 23.0 Å². The molecule has 1 fully saturated rings. The van der Waals surface area contributed by atoms with Crippen molar-refractivity contribution in [1.29, 1.82) is 0 Å². The number of hydrogen-bond donors (Lipinski definition) is 3. The summed E-state index contributed by atoms with van der Waals surface area (Å²) in [6.07, 6.45) is 8.84. The average Bonchev–Trinajstić information content (AvgIpc) is 3.67. The fourth-order valence-corrected chi connectivity index (χ4v) is 8.87. The van der Waals surface area contributed by atoms with Gasteiger partial charge in [0.15, 0.2) is 11.5 Å². The minimum absolute atomic E-state index is 0.0558. The van der Waals surface area contributed by atoms with E-state index in [0.717, 1.165) is 42.4 Å². The normalized spacial score (nSPS) is 25.6. The quantitative estimate of drug-likeness (QED) is 0.0830. The van der Waals surface area contributed by atoms with E-state index in [4.69, 9.17) is 28.9 Å². The highest BCUT2D eigenvalue weighted by atomic mass is 16.7. The van der Waals surface area contributed by atoms with Crippen LogP contribution in [0.3, 0.4) is 0 Å². The maximum Gasteiger partial charge on any atom is 0.254 e. The van der Waals surface area contributed by atoms with Gasteiger partial charge in [-0.15, -0.1) is 6.58 Å². The molecule has 6 atom stereocenters. The van der Waals surface area contributed by atoms with Crippen molar-refractivity contribution in [3.63, 3.8) is 0 Å². The number of ether oxygens (including phenoxy) is 4. The first kappa shape index (κ1) is 37.5. The molecule has 286 valence electrons. The summed E-state index contributed by atoms with van der Waals surface area (Å²) < 4.78 is 25.2. The predicted octanol–water partition coefficient (Wildman–Crippen LogP) is 6.73. The molecule has 3 N–H and O–H groups in total. The number of rotatable bonds is 16. The third kappa shape index (κ3) is 7.32. The number of hydrogen-bond acceptors (Lipinski definition) is 10. The molecule has 0 spiro atoms. The van der Waals surface area contributed by atoms with E-state index in [9.17, 15) is 20.1 Å². The number of phenolic OH excluding ortho intramolecular Hbond substituents is 1. The molecule has 2 aliphatic heterocycles. The van der Waals surface area contributed by atoms with Crippen molar-refractivity contribution in [3.05, 3.63) is 108 Å². The molecule has 11 nitrogen and oxygen atoms in total. The van der Waals surface area contributed by atoms with Crippen molar-refractivity contribution in [1.82, 2.24) is 4.90 Å². The van der Waals surface area contributed by atoms with Crippen LogP contribution in [0.15, 0.2) is 96.2 Å². The number of amides is 1. The number of aliphatic hydroxyl groups is 2. The Morgan fingerprint density at radius 2 is 1.74 bits per heavy atom. The van der Waals surface area contributed by atoms with E-state index >= 15 is 0 Å². The van der Waals surface area contributed by atoms with Crippen LogP contribution in [-0.4, -0.2) is 77.3 Å². The third-order valence-electron chi connectivity index (χ3n) is 11.3. The van der Waals surface area contributed by atoms with Crippen molar-refractivity contribution in [3.8, 4) is 23.0 Å². The smallest absolute Gasteiger partial charge is 0.254 e. The first-order valence-corrected chi connectivity index (χ1v) is 19.0. The van der Waals surface area contributed by atoms with Crippen molar-refractivity contribution in [2.75, 3.05) is 33.7 Å². The molecule has 0 saturated heterocycles. The predicted molar refractivity (Wildman–Crippen MR) is 203 cm³/mol. The second-order valence-electron chi connectivity index (χ2n) is 14.5. The summed E-state index contributed by atoms with van der Waals surface area (Å²) in [7, 11) is 1.76. The topological polar surface area (TPSA) is 140 Å². The van der Waals surface area contributed by atoms with E-state index in [1.807, 2.05) is 30.3 Å². The minimum atomic E-state index is -1.39. The Morgan fingerprint density at radius 3 is 2.52 bits per heavy atom. The third-order valence-corrected chi connectivity index (χ3v) is 11.3. The average molecular weight is 739 g/mol. The van der Waals surface area contributed by atoms with Crippen LogP contribution in [0.25, 0.3) is 0 Å². The van der Waals surface area contributed by atoms with Gasteiger partial charge in [0.2, 0.25) is 12.6 Å². The largest absolute Gasteiger partial charge is 0.508 e. The van der Waals surface area contributed by atoms with E-state index < -0.39 is 17.7 Å². The van der Waals surface area contributed by atoms with Gasteiger partial charge in [-0.1, -0.05) is 60.5 Å². The number of carbonyl (C=O) groups is 1. The highest BCUT2D eigenvalue weighted by molar-refractivity contribution is 6.03. The Labute approximate surface area is 316 Å². The lowest BCUT2D eigenvalue weighted by Crippen LogP contribution is -2.69. The zero-order chi connectivity index (χ0) is 37.7. The number of fused-ring (bicyclic) bond motifs is 3. The summed E-state index contributed by atoms with van der Waals surface area (Å²) >= 11 is 0. The van der Waals surface area contributed by atoms with Crippen molar-refractivity contribution in [2.24, 2.45) is 22.9 Å². The molecule has 7 rings (SSSR count). The zero-order valence-corrected chi connectivity index (χ0v) is 30.8. The summed E-state index contributed by atoms with van der Waals surface area (Å²) in [5.74, 6) is -0.407. The molecule has 4 aliphatic rings. The molecule has 0 bridgehead atoms. The first-order valence-electron chi connectivity index (χ1n) is 19.0. The highest BCUT2D eigenvalue weighted by Crippen LogP contribution is 2.61. The van der Waals surface area contributed by atoms with Crippen LogP contribution in [0.1, 0.15) is 72.3 Å². The molecule has 3 aromatic rings. The van der Waals surface area contributed by atoms with Gasteiger partial charge in [-0.3, -0.25) is 4.79 Å². The van der Waals surface area contributed by atoms with E-state index in [1.54, 1.807) is 54.4 Å². The van der Waals surface area contributed by atoms with E-state index in [1.165, 1.54) is 0 Å². The maximum atomic E-state index is 14.5. The monoisotopic (exact) mass is 738 g/mol. The molecule has 0 unspecified atom stereocenters. The Kier molecular flexibility index (Phi) is 11.6. The van der Waals surface area contributed by atoms with Gasteiger partial charge >= 0.3 is 0 Å². The summed E-state index contributed by atoms with van der Waals surface area (Å²) in [5, 5.41) is 35.3. The standard InChI is InChI=1S/C43H50N2O9/c1-3-21-52-43-39(45(2)42(49)30-15-17-37-38(23-30)51-27-50-37)25-35(44-53-26-28-11-5-4-6-12-28)33-22-29(13-7-9-19-46)32(14-8-10-20-47)40(41(33)43)34-24-31(48)16-18-36(34)54-43/h3-6,11-12,15-18,22-24,29,32,39-41,46-48H,1,7-10,13-14,19-21,25-27H2,2H3/t29-,32+,39-,40+,41+,43+/m0/s1. The molecule has 3 aromatic carbocycles. The van der Waals surface area contributed by atoms with Crippen molar-refractivity contribution >= 4 is 11.6 Å². The van der Waals surface area contributed by atoms with Crippen LogP contribution in [-0.2, 0) is 16.2 Å². The minimum Gasteiger partial charge on any atom is -0.508 e. The lowest BCUT2D eigenvalue weighted by Gasteiger charge is -2.59. The number of oxime groups is 1. The Morgan fingerprint density at radius 1 is 0.981 bits per heavy atom. The van der Waals surface area contributed by atoms with Gasteiger partial charge in [-0.25, -0.2) is 0 Å². The first-order chi connectivity index (χ1) is 26.4. The van der Waals surface area contributed by atoms with Gasteiger partial charge in [0, 0.05) is 43.7 Å². The molecule has 0 aromatic heterocycles. The fourth-order valence-electron chi connectivity index (χ4n) is 8.87. The summed E-state index contributed by atoms with van der Waals surface area (Å²) in [6.45, 7) is 4.68. The van der Waals surface area contributed by atoms with Gasteiger partial charge in [0.25, 0.3) is 5.91 Å². The lowest BCUT2D eigenvalue weighted by molar-refractivity contribution is -0.252. The molecule has 54 heavy (non-hydrogen) atoms. The van der Waals surface area contributed by atoms with E-state index in [2.05, 4.69) is 12.7 Å². The molecule has 0 radical (unpaired) electrons. The molecular formula is C43H50N2O9. The van der Waals surface area contributed by atoms with Gasteiger partial charge in [-0.05, 0) is 85.1 Å². The van der Waals surface area contributed by atoms with Crippen molar-refractivity contribution < 1.29 is 43.9 Å². The number of carbonyl (C=O) groups excluding carboxylic acids is 1. The molecule has 1 saturated carbocycles. The van der Waals surface area contributed by atoms with Crippen LogP contribution < -0.4 is 14.2 Å². The maximum absolute atomic E-state index is 14.5. The van der Waals surface area contributed by atoms with Crippen molar-refractivity contribution in [2.45, 2.75) is 69.3 Å². The van der Waals surface area contributed by atoms with Gasteiger partial charge in [0.05, 0.1) is 18.2 Å². The summed E-state index contributed by atoms with van der Waals surface area (Å²) in [4.78, 5) is 22.3. The van der Waals surface area contributed by atoms with E-state index in [0.29, 0.717) is 41.4 Å². The Hall–Kier alpha value is -4.84. The van der Waals surface area contributed by atoms with Gasteiger partial charge < -0.3 is 44.0 Å². The fraction of sp³-hybridized carbons (Fsp3) is 0.442. The van der Waals surface area contributed by atoms with E-state index in [-0.39, 0.29) is 69.1 Å². The number of aliphatic hydroxyl groups excluding tert-OH is 2. The number of unbranched alkanes of at least 4 members (excludes halogenated alkanes) is 2. The number of aromatic hydroxyl groups is 1. The lowest BCUT2D eigenvalue weighted by atomic mass is 9.55. The van der Waals surface area contributed by atoms with Crippen LogP contribution in [0.4, 0.5) is 0 Å². The number of phenols is 1. The Balaban J connectivity index is 1.39. The number of allylic oxidation sites excluding steroid dienone is 1. The van der Waals surface area contributed by atoms with Gasteiger partial charge in [-0.2, -0.15) is 0 Å². The molecule has 1 amide bonds. The van der Waals surface area contributed by atoms with Gasteiger partial charge in [0.1, 0.15) is 24.1 Å². The highest BCUT2D eigenvalue weighted by Gasteiger charge is 2.65. The Bertz CT molecular complexity index is 1860. The zero-order valence-electron chi connectivity index (χ0n) is 30.8. The van der Waals surface area contributed by atoms with Crippen LogP contribution in [0.2, 0.25) is 0 Å².